The van der Waals surface area contributed by atoms with Gasteiger partial charge in [0.1, 0.15) is 6.20 Å². The van der Waals surface area contributed by atoms with E-state index in [2.05, 4.69) is 9.69 Å². The van der Waals surface area contributed by atoms with Crippen LogP contribution in [0, 0.1) is 10.1 Å². The van der Waals surface area contributed by atoms with E-state index in [-0.39, 0.29) is 11.7 Å². The number of rotatable bonds is 3. The molecule has 1 fully saturated rings. The summed E-state index contributed by atoms with van der Waals surface area (Å²) in [4.78, 5) is 22.8. The van der Waals surface area contributed by atoms with Gasteiger partial charge in [-0.05, 0) is 24.4 Å². The van der Waals surface area contributed by atoms with Crippen molar-refractivity contribution >= 4 is 28.3 Å². The van der Waals surface area contributed by atoms with Crippen LogP contribution in [-0.2, 0) is 0 Å². The molecule has 9 heteroatoms. The predicted octanol–water partition coefficient (Wildman–Crippen LogP) is 1.29. The first-order chi connectivity index (χ1) is 8.58. The van der Waals surface area contributed by atoms with E-state index in [1.165, 1.54) is 6.20 Å². The molecular weight excluding hydrogens is 260 g/mol. The minimum absolute atomic E-state index is 0.0176. The average molecular weight is 272 g/mol. The summed E-state index contributed by atoms with van der Waals surface area (Å²) in [6, 6.07) is -0.196. The van der Waals surface area contributed by atoms with E-state index in [1.54, 1.807) is 0 Å². The lowest BCUT2D eigenvalue weighted by molar-refractivity contribution is -0.383. The number of aromatic nitrogens is 1. The Morgan fingerprint density at radius 2 is 2.50 bits per heavy atom. The van der Waals surface area contributed by atoms with E-state index in [1.807, 2.05) is 4.90 Å². The zero-order valence-corrected chi connectivity index (χ0v) is 10.2. The summed E-state index contributed by atoms with van der Waals surface area (Å²) >= 11 is 1.06. The van der Waals surface area contributed by atoms with Gasteiger partial charge in [0, 0.05) is 19.1 Å². The van der Waals surface area contributed by atoms with Gasteiger partial charge in [-0.2, -0.15) is 4.37 Å². The predicted molar refractivity (Wildman–Crippen MR) is 65.2 cm³/mol. The maximum absolute atomic E-state index is 10.8. The Labute approximate surface area is 107 Å². The summed E-state index contributed by atoms with van der Waals surface area (Å²) in [5.41, 5.74) is -0.0176. The number of carboxylic acid groups (broad SMARTS) is 1. The molecule has 1 saturated heterocycles. The van der Waals surface area contributed by atoms with Gasteiger partial charge in [0.05, 0.1) is 4.92 Å². The molecule has 1 aromatic rings. The lowest BCUT2D eigenvalue weighted by Crippen LogP contribution is -2.47. The van der Waals surface area contributed by atoms with Crippen LogP contribution in [0.5, 0.6) is 0 Å². The molecule has 0 aliphatic carbocycles. The van der Waals surface area contributed by atoms with Crippen LogP contribution in [0.15, 0.2) is 6.20 Å². The fourth-order valence-corrected chi connectivity index (χ4v) is 2.78. The molecule has 0 spiro atoms. The lowest BCUT2D eigenvalue weighted by Gasteiger charge is -2.32. The fourth-order valence-electron chi connectivity index (χ4n) is 2.03. The zero-order valence-electron chi connectivity index (χ0n) is 9.40. The van der Waals surface area contributed by atoms with Crippen molar-refractivity contribution in [2.75, 3.05) is 18.0 Å². The number of hydrogen-bond donors (Lipinski definition) is 2. The first-order valence-corrected chi connectivity index (χ1v) is 6.18. The SMILES string of the molecule is O=C(O)N[C@H]1CCCN(c2sncc2[N+](=O)[O-])C1. The van der Waals surface area contributed by atoms with Crippen molar-refractivity contribution in [3.8, 4) is 0 Å². The highest BCUT2D eigenvalue weighted by Crippen LogP contribution is 2.33. The molecular formula is C9H12N4O4S. The van der Waals surface area contributed by atoms with Crippen molar-refractivity contribution in [1.29, 1.82) is 0 Å². The van der Waals surface area contributed by atoms with Crippen molar-refractivity contribution in [2.45, 2.75) is 18.9 Å². The number of nitro groups is 1. The van der Waals surface area contributed by atoms with Gasteiger partial charge in [-0.1, -0.05) is 0 Å². The Balaban J connectivity index is 2.10. The first-order valence-electron chi connectivity index (χ1n) is 5.41. The summed E-state index contributed by atoms with van der Waals surface area (Å²) in [6.45, 7) is 1.12. The van der Waals surface area contributed by atoms with E-state index >= 15 is 0 Å². The van der Waals surface area contributed by atoms with Crippen LogP contribution in [0.2, 0.25) is 0 Å². The van der Waals surface area contributed by atoms with Gasteiger partial charge in [-0.15, -0.1) is 0 Å². The molecule has 0 unspecified atom stereocenters. The molecule has 0 saturated carbocycles. The Morgan fingerprint density at radius 1 is 1.72 bits per heavy atom. The largest absolute Gasteiger partial charge is 0.465 e. The molecule has 1 aliphatic rings. The molecule has 0 radical (unpaired) electrons. The van der Waals surface area contributed by atoms with Crippen LogP contribution in [0.1, 0.15) is 12.8 Å². The number of carbonyl (C=O) groups is 1. The number of piperidine rings is 1. The Bertz CT molecular complexity index is 463. The van der Waals surface area contributed by atoms with Crippen molar-refractivity contribution in [1.82, 2.24) is 9.69 Å². The van der Waals surface area contributed by atoms with E-state index in [4.69, 9.17) is 5.11 Å². The molecule has 0 bridgehead atoms. The van der Waals surface area contributed by atoms with Gasteiger partial charge in [0.2, 0.25) is 0 Å². The number of amides is 1. The van der Waals surface area contributed by atoms with E-state index < -0.39 is 11.0 Å². The van der Waals surface area contributed by atoms with Crippen LogP contribution in [0.25, 0.3) is 0 Å². The first kappa shape index (κ1) is 12.6. The third-order valence-electron chi connectivity index (χ3n) is 2.77. The van der Waals surface area contributed by atoms with Gasteiger partial charge >= 0.3 is 11.8 Å². The molecule has 1 amide bonds. The minimum Gasteiger partial charge on any atom is -0.465 e. The van der Waals surface area contributed by atoms with Crippen LogP contribution in [-0.4, -0.2) is 39.6 Å². The topological polar surface area (TPSA) is 109 Å². The van der Waals surface area contributed by atoms with Crippen molar-refractivity contribution in [3.63, 3.8) is 0 Å². The monoisotopic (exact) mass is 272 g/mol. The quantitative estimate of drug-likeness (QED) is 0.634. The van der Waals surface area contributed by atoms with E-state index in [0.717, 1.165) is 24.4 Å². The maximum atomic E-state index is 10.8. The van der Waals surface area contributed by atoms with Crippen LogP contribution in [0.4, 0.5) is 15.5 Å². The van der Waals surface area contributed by atoms with Gasteiger partial charge in [0.15, 0.2) is 5.00 Å². The molecule has 0 aromatic carbocycles. The Kier molecular flexibility index (Phi) is 3.60. The molecule has 1 aliphatic heterocycles. The van der Waals surface area contributed by atoms with Crippen molar-refractivity contribution < 1.29 is 14.8 Å². The summed E-state index contributed by atoms with van der Waals surface area (Å²) in [6.07, 6.45) is 1.70. The zero-order chi connectivity index (χ0) is 13.1. The highest BCUT2D eigenvalue weighted by atomic mass is 32.1. The molecule has 2 rings (SSSR count). The highest BCUT2D eigenvalue weighted by Gasteiger charge is 2.28. The van der Waals surface area contributed by atoms with E-state index in [9.17, 15) is 14.9 Å². The molecule has 1 aromatic heterocycles. The van der Waals surface area contributed by atoms with Crippen LogP contribution >= 0.6 is 11.5 Å². The van der Waals surface area contributed by atoms with Gasteiger partial charge in [0.25, 0.3) is 0 Å². The normalized spacial score (nSPS) is 19.6. The number of nitrogens with zero attached hydrogens (tertiary/aromatic N) is 3. The second-order valence-corrected chi connectivity index (χ2v) is 4.79. The molecule has 98 valence electrons. The summed E-state index contributed by atoms with van der Waals surface area (Å²) < 4.78 is 3.83. The molecule has 18 heavy (non-hydrogen) atoms. The maximum Gasteiger partial charge on any atom is 0.404 e. The average Bonchev–Trinajstić information content (AvgIpc) is 2.77. The lowest BCUT2D eigenvalue weighted by atomic mass is 10.1. The number of nitrogens with one attached hydrogen (secondary N) is 1. The van der Waals surface area contributed by atoms with Gasteiger partial charge < -0.3 is 15.3 Å². The number of hydrogen-bond acceptors (Lipinski definition) is 6. The van der Waals surface area contributed by atoms with E-state index in [0.29, 0.717) is 18.1 Å². The second-order valence-electron chi connectivity index (χ2n) is 4.01. The smallest absolute Gasteiger partial charge is 0.404 e. The molecule has 2 N–H and O–H groups in total. The van der Waals surface area contributed by atoms with Crippen LogP contribution in [0.3, 0.4) is 0 Å². The molecule has 2 heterocycles. The second kappa shape index (κ2) is 5.17. The fraction of sp³-hybridized carbons (Fsp3) is 0.556. The summed E-state index contributed by atoms with van der Waals surface area (Å²) in [5.74, 6) is 0. The minimum atomic E-state index is -1.07. The third-order valence-corrected chi connectivity index (χ3v) is 3.62. The van der Waals surface area contributed by atoms with Gasteiger partial charge in [-0.3, -0.25) is 10.1 Å². The third kappa shape index (κ3) is 2.67. The molecule has 8 nitrogen and oxygen atoms in total. The summed E-state index contributed by atoms with van der Waals surface area (Å²) in [7, 11) is 0. The Morgan fingerprint density at radius 3 is 3.17 bits per heavy atom. The molecule has 1 atom stereocenters. The van der Waals surface area contributed by atoms with Crippen molar-refractivity contribution in [2.24, 2.45) is 0 Å². The van der Waals surface area contributed by atoms with Crippen LogP contribution < -0.4 is 10.2 Å². The van der Waals surface area contributed by atoms with Crippen molar-refractivity contribution in [3.05, 3.63) is 16.3 Å². The standard InChI is InChI=1S/C9H12N4O4S/c14-9(15)11-6-2-1-3-12(5-6)8-7(13(16)17)4-10-18-8/h4,6,11H,1-3,5H2,(H,14,15)/t6-/m0/s1. The summed E-state index contributed by atoms with van der Waals surface area (Å²) in [5, 5.41) is 22.4. The van der Waals surface area contributed by atoms with Gasteiger partial charge in [-0.25, -0.2) is 4.79 Å². The number of anilines is 1. The Hall–Kier alpha value is -1.90. The highest BCUT2D eigenvalue weighted by molar-refractivity contribution is 7.10.